The second-order valence-corrected chi connectivity index (χ2v) is 6.47. The standard InChI is InChI=1S/C20H20N4O3/c1-26-16-3-2-15-8-13(12-27-19(15)9-16)11-22-20(25)18-10-17(23-24-18)14-4-6-21-7-5-14/h2-7,9-10,13H,8,11-12H2,1H3,(H,22,25)(H,23,24)/t13-/m1/s1. The summed E-state index contributed by atoms with van der Waals surface area (Å²) in [6.07, 6.45) is 4.24. The number of benzene rings is 1. The fourth-order valence-electron chi connectivity index (χ4n) is 3.11. The number of nitrogens with one attached hydrogen (secondary N) is 2. The summed E-state index contributed by atoms with van der Waals surface area (Å²) in [6, 6.07) is 11.3. The van der Waals surface area contributed by atoms with Gasteiger partial charge in [-0.3, -0.25) is 14.9 Å². The third-order valence-electron chi connectivity index (χ3n) is 4.61. The lowest BCUT2D eigenvalue weighted by Crippen LogP contribution is -2.35. The van der Waals surface area contributed by atoms with Crippen LogP contribution in [-0.4, -0.2) is 41.3 Å². The van der Waals surface area contributed by atoms with Crippen LogP contribution in [0.3, 0.4) is 0 Å². The Kier molecular flexibility index (Phi) is 4.74. The number of pyridine rings is 1. The number of amides is 1. The van der Waals surface area contributed by atoms with Crippen LogP contribution in [-0.2, 0) is 6.42 Å². The molecule has 0 saturated carbocycles. The molecule has 0 unspecified atom stereocenters. The van der Waals surface area contributed by atoms with Crippen LogP contribution in [0, 0.1) is 5.92 Å². The van der Waals surface area contributed by atoms with Gasteiger partial charge in [0.1, 0.15) is 17.2 Å². The molecule has 3 heterocycles. The van der Waals surface area contributed by atoms with Crippen molar-refractivity contribution in [1.29, 1.82) is 0 Å². The number of fused-ring (bicyclic) bond motifs is 1. The van der Waals surface area contributed by atoms with E-state index < -0.39 is 0 Å². The van der Waals surface area contributed by atoms with E-state index in [2.05, 4.69) is 20.5 Å². The third kappa shape index (κ3) is 3.76. The number of nitrogens with zero attached hydrogens (tertiary/aromatic N) is 2. The lowest BCUT2D eigenvalue weighted by molar-refractivity contribution is 0.0934. The first kappa shape index (κ1) is 17.1. The minimum Gasteiger partial charge on any atom is -0.497 e. The highest BCUT2D eigenvalue weighted by Gasteiger charge is 2.21. The van der Waals surface area contributed by atoms with E-state index in [4.69, 9.17) is 9.47 Å². The van der Waals surface area contributed by atoms with Gasteiger partial charge in [0.05, 0.1) is 19.4 Å². The molecular formula is C20H20N4O3. The molecule has 1 aliphatic rings. The van der Waals surface area contributed by atoms with E-state index >= 15 is 0 Å². The van der Waals surface area contributed by atoms with Crippen molar-refractivity contribution in [3.63, 3.8) is 0 Å². The van der Waals surface area contributed by atoms with E-state index in [1.165, 1.54) is 0 Å². The van der Waals surface area contributed by atoms with Gasteiger partial charge in [-0.25, -0.2) is 0 Å². The van der Waals surface area contributed by atoms with Gasteiger partial charge in [0, 0.05) is 36.5 Å². The number of methoxy groups -OCH3 is 1. The monoisotopic (exact) mass is 364 g/mol. The average Bonchev–Trinajstić information content (AvgIpc) is 3.22. The van der Waals surface area contributed by atoms with Gasteiger partial charge < -0.3 is 14.8 Å². The van der Waals surface area contributed by atoms with E-state index in [9.17, 15) is 4.79 Å². The van der Waals surface area contributed by atoms with Crippen molar-refractivity contribution in [1.82, 2.24) is 20.5 Å². The maximum absolute atomic E-state index is 12.4. The van der Waals surface area contributed by atoms with Crippen molar-refractivity contribution in [2.75, 3.05) is 20.3 Å². The molecule has 0 spiro atoms. The van der Waals surface area contributed by atoms with Crippen LogP contribution in [0.4, 0.5) is 0 Å². The molecule has 138 valence electrons. The summed E-state index contributed by atoms with van der Waals surface area (Å²) in [5, 5.41) is 9.95. The minimum atomic E-state index is -0.177. The van der Waals surface area contributed by atoms with Gasteiger partial charge in [-0.05, 0) is 36.2 Å². The molecule has 0 fully saturated rings. The molecule has 1 aliphatic heterocycles. The summed E-state index contributed by atoms with van der Waals surface area (Å²) in [6.45, 7) is 1.10. The molecule has 7 nitrogen and oxygen atoms in total. The van der Waals surface area contributed by atoms with E-state index in [1.54, 1.807) is 25.6 Å². The van der Waals surface area contributed by atoms with Gasteiger partial charge in [0.2, 0.25) is 0 Å². The SMILES string of the molecule is COc1ccc2c(c1)OC[C@@H](CNC(=O)c1cc(-c3ccncc3)n[nH]1)C2. The number of aromatic amines is 1. The van der Waals surface area contributed by atoms with E-state index in [1.807, 2.05) is 30.3 Å². The highest BCUT2D eigenvalue weighted by Crippen LogP contribution is 2.30. The Labute approximate surface area is 156 Å². The number of ether oxygens (including phenoxy) is 2. The molecule has 2 N–H and O–H groups in total. The largest absolute Gasteiger partial charge is 0.497 e. The number of carbonyl (C=O) groups excluding carboxylic acids is 1. The predicted molar refractivity (Wildman–Crippen MR) is 99.8 cm³/mol. The highest BCUT2D eigenvalue weighted by atomic mass is 16.5. The number of H-pyrrole nitrogens is 1. The van der Waals surface area contributed by atoms with E-state index in [0.717, 1.165) is 29.0 Å². The molecule has 1 aromatic carbocycles. The van der Waals surface area contributed by atoms with Crippen molar-refractivity contribution >= 4 is 5.91 Å². The minimum absolute atomic E-state index is 0.177. The molecule has 0 saturated heterocycles. The van der Waals surface area contributed by atoms with Crippen LogP contribution in [0.2, 0.25) is 0 Å². The van der Waals surface area contributed by atoms with Crippen molar-refractivity contribution in [3.05, 3.63) is 60.0 Å². The maximum Gasteiger partial charge on any atom is 0.269 e. The molecule has 4 rings (SSSR count). The summed E-state index contributed by atoms with van der Waals surface area (Å²) >= 11 is 0. The van der Waals surface area contributed by atoms with E-state index in [0.29, 0.717) is 24.5 Å². The highest BCUT2D eigenvalue weighted by molar-refractivity contribution is 5.93. The van der Waals surface area contributed by atoms with Gasteiger partial charge in [-0.1, -0.05) is 6.07 Å². The Hall–Kier alpha value is -3.35. The van der Waals surface area contributed by atoms with Crippen LogP contribution in [0.5, 0.6) is 11.5 Å². The topological polar surface area (TPSA) is 89.1 Å². The zero-order valence-electron chi connectivity index (χ0n) is 14.9. The van der Waals surface area contributed by atoms with E-state index in [-0.39, 0.29) is 11.8 Å². The molecule has 0 bridgehead atoms. The predicted octanol–water partition coefficient (Wildman–Crippen LogP) is 2.46. The van der Waals surface area contributed by atoms with Crippen LogP contribution in [0.1, 0.15) is 16.1 Å². The second-order valence-electron chi connectivity index (χ2n) is 6.47. The lowest BCUT2D eigenvalue weighted by atomic mass is 9.96. The summed E-state index contributed by atoms with van der Waals surface area (Å²) in [4.78, 5) is 16.4. The maximum atomic E-state index is 12.4. The average molecular weight is 364 g/mol. The molecule has 3 aromatic rings. The number of carbonyl (C=O) groups is 1. The summed E-state index contributed by atoms with van der Waals surface area (Å²) in [5.74, 6) is 1.68. The van der Waals surface area contributed by atoms with Gasteiger partial charge >= 0.3 is 0 Å². The Balaban J connectivity index is 1.35. The van der Waals surface area contributed by atoms with Crippen LogP contribution in [0.25, 0.3) is 11.3 Å². The smallest absolute Gasteiger partial charge is 0.269 e. The van der Waals surface area contributed by atoms with Crippen LogP contribution in [0.15, 0.2) is 48.8 Å². The Morgan fingerprint density at radius 2 is 2.15 bits per heavy atom. The fraction of sp³-hybridized carbons (Fsp3) is 0.250. The molecule has 27 heavy (non-hydrogen) atoms. The van der Waals surface area contributed by atoms with Crippen molar-refractivity contribution < 1.29 is 14.3 Å². The Bertz CT molecular complexity index is 939. The first-order valence-electron chi connectivity index (χ1n) is 8.76. The van der Waals surface area contributed by atoms with Crippen molar-refractivity contribution in [2.24, 2.45) is 5.92 Å². The zero-order valence-corrected chi connectivity index (χ0v) is 14.9. The molecule has 0 radical (unpaired) electrons. The quantitative estimate of drug-likeness (QED) is 0.726. The summed E-state index contributed by atoms with van der Waals surface area (Å²) in [5.41, 5.74) is 3.19. The molecule has 2 aromatic heterocycles. The molecule has 1 atom stereocenters. The first-order valence-corrected chi connectivity index (χ1v) is 8.76. The number of aromatic nitrogens is 3. The van der Waals surface area contributed by atoms with Gasteiger partial charge in [0.15, 0.2) is 0 Å². The number of hydrogen-bond acceptors (Lipinski definition) is 5. The zero-order chi connectivity index (χ0) is 18.6. The number of rotatable bonds is 5. The Morgan fingerprint density at radius 3 is 2.96 bits per heavy atom. The normalized spacial score (nSPS) is 15.5. The number of hydrogen-bond donors (Lipinski definition) is 2. The van der Waals surface area contributed by atoms with Gasteiger partial charge in [-0.15, -0.1) is 0 Å². The molecule has 7 heteroatoms. The van der Waals surface area contributed by atoms with Crippen LogP contribution >= 0.6 is 0 Å². The summed E-state index contributed by atoms with van der Waals surface area (Å²) in [7, 11) is 1.64. The molecule has 1 amide bonds. The second kappa shape index (κ2) is 7.49. The first-order chi connectivity index (χ1) is 13.2. The van der Waals surface area contributed by atoms with Crippen molar-refractivity contribution in [3.8, 4) is 22.8 Å². The van der Waals surface area contributed by atoms with Gasteiger partial charge in [0.25, 0.3) is 5.91 Å². The molecule has 0 aliphatic carbocycles. The summed E-state index contributed by atoms with van der Waals surface area (Å²) < 4.78 is 11.0. The van der Waals surface area contributed by atoms with Gasteiger partial charge in [-0.2, -0.15) is 5.10 Å². The fourth-order valence-corrected chi connectivity index (χ4v) is 3.11. The Morgan fingerprint density at radius 1 is 1.30 bits per heavy atom. The van der Waals surface area contributed by atoms with Crippen molar-refractivity contribution in [2.45, 2.75) is 6.42 Å². The molecular weight excluding hydrogens is 344 g/mol. The van der Waals surface area contributed by atoms with Crippen LogP contribution < -0.4 is 14.8 Å². The lowest BCUT2D eigenvalue weighted by Gasteiger charge is -2.25. The third-order valence-corrected chi connectivity index (χ3v) is 4.61.